The Bertz CT molecular complexity index is 441. The molecule has 0 aromatic heterocycles. The predicted molar refractivity (Wildman–Crippen MR) is 68.6 cm³/mol. The van der Waals surface area contributed by atoms with Gasteiger partial charge in [-0.2, -0.15) is 18.4 Å². The van der Waals surface area contributed by atoms with Gasteiger partial charge in [-0.3, -0.25) is 0 Å². The molecule has 19 heavy (non-hydrogen) atoms. The maximum absolute atomic E-state index is 12.3. The van der Waals surface area contributed by atoms with Crippen molar-refractivity contribution < 1.29 is 13.2 Å². The van der Waals surface area contributed by atoms with E-state index in [0.717, 1.165) is 25.0 Å². The van der Waals surface area contributed by atoms with Gasteiger partial charge in [0.05, 0.1) is 17.0 Å². The molecule has 1 rings (SSSR count). The van der Waals surface area contributed by atoms with Gasteiger partial charge in [0, 0.05) is 12.2 Å². The number of rotatable bonds is 5. The molecule has 1 N–H and O–H groups in total. The summed E-state index contributed by atoms with van der Waals surface area (Å²) in [6.07, 6.45) is -2.76. The number of anilines is 1. The van der Waals surface area contributed by atoms with Crippen molar-refractivity contribution in [2.75, 3.05) is 11.9 Å². The van der Waals surface area contributed by atoms with Crippen LogP contribution in [-0.4, -0.2) is 6.54 Å². The van der Waals surface area contributed by atoms with Crippen molar-refractivity contribution in [2.45, 2.75) is 32.9 Å². The van der Waals surface area contributed by atoms with E-state index in [9.17, 15) is 13.2 Å². The summed E-state index contributed by atoms with van der Waals surface area (Å²) < 4.78 is 37.0. The topological polar surface area (TPSA) is 35.8 Å². The van der Waals surface area contributed by atoms with Crippen LogP contribution < -0.4 is 5.32 Å². The minimum atomic E-state index is -4.30. The third-order valence-corrected chi connectivity index (χ3v) is 2.82. The van der Waals surface area contributed by atoms with Crippen LogP contribution in [0.15, 0.2) is 24.3 Å². The molecule has 0 atom stereocenters. The molecule has 0 fully saturated rings. The molecule has 2 nitrogen and oxygen atoms in total. The van der Waals surface area contributed by atoms with Gasteiger partial charge in [-0.15, -0.1) is 0 Å². The summed E-state index contributed by atoms with van der Waals surface area (Å²) in [7, 11) is 0. The quantitative estimate of drug-likeness (QED) is 0.802. The number of hydrogen-bond donors (Lipinski definition) is 1. The molecule has 0 saturated carbocycles. The fourth-order valence-corrected chi connectivity index (χ4v) is 1.60. The number of halogens is 3. The molecule has 0 heterocycles. The Kier molecular flexibility index (Phi) is 4.82. The molecule has 1 aromatic carbocycles. The first-order valence-corrected chi connectivity index (χ1v) is 6.07. The first-order chi connectivity index (χ1) is 8.74. The Morgan fingerprint density at radius 3 is 2.21 bits per heavy atom. The Morgan fingerprint density at radius 1 is 1.16 bits per heavy atom. The standard InChI is InChI=1S/C14H17F3N2/c1-13(2,10-18)8-3-9-19-12-6-4-11(5-7-12)14(15,16)17/h4-7,19H,3,8-9H2,1-2H3. The average molecular weight is 270 g/mol. The van der Waals surface area contributed by atoms with Crippen LogP contribution in [0.25, 0.3) is 0 Å². The highest BCUT2D eigenvalue weighted by atomic mass is 19.4. The maximum Gasteiger partial charge on any atom is 0.416 e. The minimum Gasteiger partial charge on any atom is -0.385 e. The lowest BCUT2D eigenvalue weighted by Crippen LogP contribution is -2.11. The Balaban J connectivity index is 2.41. The van der Waals surface area contributed by atoms with E-state index in [2.05, 4.69) is 11.4 Å². The van der Waals surface area contributed by atoms with Crippen LogP contribution in [-0.2, 0) is 6.18 Å². The summed E-state index contributed by atoms with van der Waals surface area (Å²) in [6, 6.07) is 7.16. The molecule has 0 aliphatic rings. The van der Waals surface area contributed by atoms with Crippen molar-refractivity contribution in [2.24, 2.45) is 5.41 Å². The number of nitrogens with one attached hydrogen (secondary N) is 1. The molecular weight excluding hydrogens is 253 g/mol. The van der Waals surface area contributed by atoms with Crippen LogP contribution in [0.3, 0.4) is 0 Å². The molecule has 0 amide bonds. The van der Waals surface area contributed by atoms with Gasteiger partial charge in [0.1, 0.15) is 0 Å². The molecule has 0 radical (unpaired) electrons. The molecule has 0 saturated heterocycles. The first kappa shape index (κ1) is 15.4. The Labute approximate surface area is 111 Å². The monoisotopic (exact) mass is 270 g/mol. The molecule has 1 aromatic rings. The summed E-state index contributed by atoms with van der Waals surface area (Å²) in [5.41, 5.74) is -0.353. The fraction of sp³-hybridized carbons (Fsp3) is 0.500. The second-order valence-electron chi connectivity index (χ2n) is 5.10. The van der Waals surface area contributed by atoms with Crippen LogP contribution in [0.1, 0.15) is 32.3 Å². The smallest absolute Gasteiger partial charge is 0.385 e. The van der Waals surface area contributed by atoms with Gasteiger partial charge < -0.3 is 5.32 Å². The Morgan fingerprint density at radius 2 is 1.74 bits per heavy atom. The number of nitriles is 1. The first-order valence-electron chi connectivity index (χ1n) is 6.07. The van der Waals surface area contributed by atoms with Gasteiger partial charge in [-0.25, -0.2) is 0 Å². The van der Waals surface area contributed by atoms with Gasteiger partial charge in [0.25, 0.3) is 0 Å². The van der Waals surface area contributed by atoms with Crippen LogP contribution in [0, 0.1) is 16.7 Å². The number of alkyl halides is 3. The zero-order valence-corrected chi connectivity index (χ0v) is 11.0. The molecule has 0 spiro atoms. The van der Waals surface area contributed by atoms with E-state index < -0.39 is 11.7 Å². The number of hydrogen-bond acceptors (Lipinski definition) is 2. The highest BCUT2D eigenvalue weighted by Gasteiger charge is 2.29. The third-order valence-electron chi connectivity index (χ3n) is 2.82. The summed E-state index contributed by atoms with van der Waals surface area (Å²) in [5, 5.41) is 11.9. The molecule has 0 bridgehead atoms. The second kappa shape index (κ2) is 5.96. The number of nitrogens with zero attached hydrogens (tertiary/aromatic N) is 1. The van der Waals surface area contributed by atoms with Gasteiger partial charge in [0.2, 0.25) is 0 Å². The van der Waals surface area contributed by atoms with Gasteiger partial charge in [0.15, 0.2) is 0 Å². The van der Waals surface area contributed by atoms with E-state index in [0.29, 0.717) is 12.2 Å². The fourth-order valence-electron chi connectivity index (χ4n) is 1.60. The van der Waals surface area contributed by atoms with Crippen molar-refractivity contribution in [1.82, 2.24) is 0 Å². The van der Waals surface area contributed by atoms with Crippen molar-refractivity contribution in [1.29, 1.82) is 5.26 Å². The summed E-state index contributed by atoms with van der Waals surface area (Å²) >= 11 is 0. The SMILES string of the molecule is CC(C)(C#N)CCCNc1ccc(C(F)(F)F)cc1. The van der Waals surface area contributed by atoms with E-state index in [1.54, 1.807) is 0 Å². The van der Waals surface area contributed by atoms with Crippen molar-refractivity contribution in [3.8, 4) is 6.07 Å². The third kappa shape index (κ3) is 5.21. The lowest BCUT2D eigenvalue weighted by atomic mass is 9.90. The van der Waals surface area contributed by atoms with Gasteiger partial charge >= 0.3 is 6.18 Å². The van der Waals surface area contributed by atoms with E-state index in [-0.39, 0.29) is 5.41 Å². The molecule has 5 heteroatoms. The molecule has 0 aliphatic heterocycles. The normalized spacial score (nSPS) is 12.0. The van der Waals surface area contributed by atoms with Gasteiger partial charge in [-0.1, -0.05) is 0 Å². The maximum atomic E-state index is 12.3. The van der Waals surface area contributed by atoms with Crippen molar-refractivity contribution in [3.05, 3.63) is 29.8 Å². The molecular formula is C14H17F3N2. The van der Waals surface area contributed by atoms with E-state index >= 15 is 0 Å². The summed E-state index contributed by atoms with van der Waals surface area (Å²) in [6.45, 7) is 4.37. The Hall–Kier alpha value is -1.70. The highest BCUT2D eigenvalue weighted by Crippen LogP contribution is 2.29. The number of benzene rings is 1. The highest BCUT2D eigenvalue weighted by molar-refractivity contribution is 5.45. The van der Waals surface area contributed by atoms with E-state index in [1.807, 2.05) is 13.8 Å². The lowest BCUT2D eigenvalue weighted by molar-refractivity contribution is -0.137. The van der Waals surface area contributed by atoms with Crippen molar-refractivity contribution >= 4 is 5.69 Å². The summed E-state index contributed by atoms with van der Waals surface area (Å²) in [4.78, 5) is 0. The van der Waals surface area contributed by atoms with Crippen LogP contribution >= 0.6 is 0 Å². The molecule has 0 aliphatic carbocycles. The zero-order chi connectivity index (χ0) is 14.5. The molecule has 0 unspecified atom stereocenters. The zero-order valence-electron chi connectivity index (χ0n) is 11.0. The van der Waals surface area contributed by atoms with Gasteiger partial charge in [-0.05, 0) is 51.0 Å². The lowest BCUT2D eigenvalue weighted by Gasteiger charge is -2.15. The molecule has 104 valence electrons. The average Bonchev–Trinajstić information content (AvgIpc) is 2.34. The largest absolute Gasteiger partial charge is 0.416 e. The van der Waals surface area contributed by atoms with Crippen LogP contribution in [0.5, 0.6) is 0 Å². The second-order valence-corrected chi connectivity index (χ2v) is 5.10. The predicted octanol–water partition coefficient (Wildman–Crippen LogP) is 4.45. The van der Waals surface area contributed by atoms with Crippen LogP contribution in [0.4, 0.5) is 18.9 Å². The van der Waals surface area contributed by atoms with E-state index in [4.69, 9.17) is 5.26 Å². The summed E-state index contributed by atoms with van der Waals surface area (Å²) in [5.74, 6) is 0. The van der Waals surface area contributed by atoms with Crippen molar-refractivity contribution in [3.63, 3.8) is 0 Å². The van der Waals surface area contributed by atoms with Crippen LogP contribution in [0.2, 0.25) is 0 Å². The van der Waals surface area contributed by atoms with E-state index in [1.165, 1.54) is 12.1 Å². The minimum absolute atomic E-state index is 0.359.